The highest BCUT2D eigenvalue weighted by atomic mass is 19.1. The van der Waals surface area contributed by atoms with E-state index in [1.165, 1.54) is 5.56 Å². The predicted molar refractivity (Wildman–Crippen MR) is 58.8 cm³/mol. The Balaban J connectivity index is 2.73. The first kappa shape index (κ1) is 11.0. The van der Waals surface area contributed by atoms with Gasteiger partial charge in [0.15, 0.2) is 0 Å². The highest BCUT2D eigenvalue weighted by molar-refractivity contribution is 5.24. The monoisotopic (exact) mass is 192 g/mol. The van der Waals surface area contributed by atoms with Crippen LogP contribution in [0.25, 0.3) is 0 Å². The molecule has 0 saturated carbocycles. The Morgan fingerprint density at radius 2 is 2.14 bits per heavy atom. The van der Waals surface area contributed by atoms with Crippen LogP contribution in [0.4, 0.5) is 4.39 Å². The molecule has 14 heavy (non-hydrogen) atoms. The van der Waals surface area contributed by atoms with Crippen LogP contribution in [-0.2, 0) is 6.42 Å². The van der Waals surface area contributed by atoms with E-state index in [-0.39, 0.29) is 5.82 Å². The largest absolute Gasteiger partial charge is 0.207 e. The topological polar surface area (TPSA) is 0 Å². The summed E-state index contributed by atoms with van der Waals surface area (Å²) in [4.78, 5) is 0. The summed E-state index contributed by atoms with van der Waals surface area (Å²) < 4.78 is 13.0. The number of halogens is 1. The van der Waals surface area contributed by atoms with Crippen LogP contribution in [0.3, 0.4) is 0 Å². The molecule has 1 aromatic rings. The zero-order valence-corrected chi connectivity index (χ0v) is 9.05. The van der Waals surface area contributed by atoms with Gasteiger partial charge in [0.25, 0.3) is 0 Å². The first-order chi connectivity index (χ1) is 6.63. The summed E-state index contributed by atoms with van der Waals surface area (Å²) in [6.45, 7) is 5.99. The molecule has 0 spiro atoms. The maximum absolute atomic E-state index is 13.0. The first-order valence-electron chi connectivity index (χ1n) is 5.01. The molecule has 0 amide bonds. The van der Waals surface area contributed by atoms with Crippen molar-refractivity contribution in [2.24, 2.45) is 5.92 Å². The average Bonchev–Trinajstić information content (AvgIpc) is 2.12. The third-order valence-corrected chi connectivity index (χ3v) is 2.30. The molecule has 1 aromatic carbocycles. The number of allylic oxidation sites excluding steroid dienone is 2. The molecule has 1 unspecified atom stereocenters. The quantitative estimate of drug-likeness (QED) is 0.637. The van der Waals surface area contributed by atoms with Crippen molar-refractivity contribution in [3.8, 4) is 0 Å². The van der Waals surface area contributed by atoms with E-state index in [9.17, 15) is 4.39 Å². The van der Waals surface area contributed by atoms with E-state index >= 15 is 0 Å². The van der Waals surface area contributed by atoms with Crippen LogP contribution < -0.4 is 0 Å². The van der Waals surface area contributed by atoms with Gasteiger partial charge in [-0.15, -0.1) is 0 Å². The highest BCUT2D eigenvalue weighted by Gasteiger charge is 2.02. The molecular weight excluding hydrogens is 175 g/mol. The van der Waals surface area contributed by atoms with E-state index in [0.717, 1.165) is 12.0 Å². The SMILES string of the molecule is C/C=C\C(C)Cc1ccc(F)c(C)c1. The van der Waals surface area contributed by atoms with Crippen molar-refractivity contribution in [2.75, 3.05) is 0 Å². The van der Waals surface area contributed by atoms with Crippen LogP contribution in [-0.4, -0.2) is 0 Å². The second-order valence-corrected chi connectivity index (χ2v) is 3.79. The molecule has 0 saturated heterocycles. The van der Waals surface area contributed by atoms with Crippen molar-refractivity contribution in [1.29, 1.82) is 0 Å². The number of rotatable bonds is 3. The van der Waals surface area contributed by atoms with E-state index in [2.05, 4.69) is 19.1 Å². The van der Waals surface area contributed by atoms with Gasteiger partial charge in [0.2, 0.25) is 0 Å². The van der Waals surface area contributed by atoms with Gasteiger partial charge in [-0.2, -0.15) is 0 Å². The van der Waals surface area contributed by atoms with Crippen LogP contribution in [0.5, 0.6) is 0 Å². The smallest absolute Gasteiger partial charge is 0.126 e. The lowest BCUT2D eigenvalue weighted by molar-refractivity contribution is 0.616. The summed E-state index contributed by atoms with van der Waals surface area (Å²) in [6.07, 6.45) is 5.20. The Hall–Kier alpha value is -1.11. The Morgan fingerprint density at radius 3 is 2.71 bits per heavy atom. The van der Waals surface area contributed by atoms with Crippen molar-refractivity contribution < 1.29 is 4.39 Å². The minimum absolute atomic E-state index is 0.118. The molecule has 0 aliphatic carbocycles. The van der Waals surface area contributed by atoms with Crippen molar-refractivity contribution in [3.63, 3.8) is 0 Å². The summed E-state index contributed by atoms with van der Waals surface area (Å²) in [5.41, 5.74) is 1.93. The second-order valence-electron chi connectivity index (χ2n) is 3.79. The van der Waals surface area contributed by atoms with E-state index in [1.54, 1.807) is 13.0 Å². The Labute approximate surface area is 85.5 Å². The maximum atomic E-state index is 13.0. The lowest BCUT2D eigenvalue weighted by Crippen LogP contribution is -1.96. The highest BCUT2D eigenvalue weighted by Crippen LogP contribution is 2.13. The van der Waals surface area contributed by atoms with Gasteiger partial charge in [0.1, 0.15) is 5.82 Å². The van der Waals surface area contributed by atoms with Crippen molar-refractivity contribution in [3.05, 3.63) is 47.3 Å². The van der Waals surface area contributed by atoms with Crippen LogP contribution in [0.1, 0.15) is 25.0 Å². The molecule has 0 aliphatic heterocycles. The van der Waals surface area contributed by atoms with Crippen LogP contribution >= 0.6 is 0 Å². The van der Waals surface area contributed by atoms with Gasteiger partial charge in [-0.1, -0.05) is 31.2 Å². The molecule has 1 atom stereocenters. The van der Waals surface area contributed by atoms with Gasteiger partial charge in [0, 0.05) is 0 Å². The number of hydrogen-bond donors (Lipinski definition) is 0. The maximum Gasteiger partial charge on any atom is 0.126 e. The molecule has 0 heterocycles. The lowest BCUT2D eigenvalue weighted by Gasteiger charge is -2.07. The van der Waals surface area contributed by atoms with Gasteiger partial charge in [-0.05, 0) is 43.4 Å². The van der Waals surface area contributed by atoms with Gasteiger partial charge in [-0.25, -0.2) is 4.39 Å². The summed E-state index contributed by atoms with van der Waals surface area (Å²) in [7, 11) is 0. The second kappa shape index (κ2) is 4.94. The zero-order chi connectivity index (χ0) is 10.6. The lowest BCUT2D eigenvalue weighted by atomic mass is 9.99. The molecule has 1 heteroatoms. The molecule has 0 fully saturated rings. The number of hydrogen-bond acceptors (Lipinski definition) is 0. The van der Waals surface area contributed by atoms with E-state index in [1.807, 2.05) is 19.1 Å². The summed E-state index contributed by atoms with van der Waals surface area (Å²) in [5, 5.41) is 0. The molecule has 0 bridgehead atoms. The normalized spacial score (nSPS) is 13.4. The van der Waals surface area contributed by atoms with Crippen LogP contribution in [0, 0.1) is 18.7 Å². The van der Waals surface area contributed by atoms with Crippen LogP contribution in [0.2, 0.25) is 0 Å². The summed E-state index contributed by atoms with van der Waals surface area (Å²) in [6, 6.07) is 5.34. The van der Waals surface area contributed by atoms with Gasteiger partial charge < -0.3 is 0 Å². The fraction of sp³-hybridized carbons (Fsp3) is 0.385. The molecular formula is C13H17F. The van der Waals surface area contributed by atoms with Gasteiger partial charge >= 0.3 is 0 Å². The fourth-order valence-electron chi connectivity index (χ4n) is 1.60. The zero-order valence-electron chi connectivity index (χ0n) is 9.05. The molecule has 76 valence electrons. The predicted octanol–water partition coefficient (Wildman–Crippen LogP) is 3.89. The standard InChI is InChI=1S/C13H17F/c1-4-5-10(2)8-12-6-7-13(14)11(3)9-12/h4-7,9-10H,8H2,1-3H3/b5-4-. The average molecular weight is 192 g/mol. The minimum Gasteiger partial charge on any atom is -0.207 e. The molecule has 0 aliphatic rings. The summed E-state index contributed by atoms with van der Waals surface area (Å²) >= 11 is 0. The first-order valence-corrected chi connectivity index (χ1v) is 5.01. The third-order valence-electron chi connectivity index (χ3n) is 2.30. The molecule has 0 radical (unpaired) electrons. The molecule has 1 rings (SSSR count). The number of benzene rings is 1. The van der Waals surface area contributed by atoms with Crippen molar-refractivity contribution >= 4 is 0 Å². The number of aryl methyl sites for hydroxylation is 1. The van der Waals surface area contributed by atoms with Crippen LogP contribution in [0.15, 0.2) is 30.4 Å². The van der Waals surface area contributed by atoms with E-state index < -0.39 is 0 Å². The Morgan fingerprint density at radius 1 is 1.43 bits per heavy atom. The molecule has 0 N–H and O–H groups in total. The third kappa shape index (κ3) is 2.99. The fourth-order valence-corrected chi connectivity index (χ4v) is 1.60. The molecule has 0 nitrogen and oxygen atoms in total. The minimum atomic E-state index is -0.118. The van der Waals surface area contributed by atoms with E-state index in [0.29, 0.717) is 5.92 Å². The van der Waals surface area contributed by atoms with Crippen molar-refractivity contribution in [1.82, 2.24) is 0 Å². The van der Waals surface area contributed by atoms with Gasteiger partial charge in [-0.3, -0.25) is 0 Å². The summed E-state index contributed by atoms with van der Waals surface area (Å²) in [5.74, 6) is 0.400. The van der Waals surface area contributed by atoms with E-state index in [4.69, 9.17) is 0 Å². The Bertz CT molecular complexity index is 326. The van der Waals surface area contributed by atoms with Crippen molar-refractivity contribution in [2.45, 2.75) is 27.2 Å². The molecule has 0 aromatic heterocycles. The Kier molecular flexibility index (Phi) is 3.87. The van der Waals surface area contributed by atoms with Gasteiger partial charge in [0.05, 0.1) is 0 Å².